The number of ether oxygens (including phenoxy) is 1. The Morgan fingerprint density at radius 3 is 2.79 bits per heavy atom. The van der Waals surface area contributed by atoms with E-state index in [2.05, 4.69) is 4.99 Å². The minimum Gasteiger partial charge on any atom is -0.496 e. The van der Waals surface area contributed by atoms with E-state index >= 15 is 0 Å². The zero-order chi connectivity index (χ0) is 20.6. The maximum absolute atomic E-state index is 13.8. The second-order valence-corrected chi connectivity index (χ2v) is 10.3. The molecule has 2 atom stereocenters. The van der Waals surface area contributed by atoms with E-state index in [9.17, 15) is 17.6 Å². The maximum atomic E-state index is 13.8. The predicted octanol–water partition coefficient (Wildman–Crippen LogP) is 2.68. The zero-order valence-electron chi connectivity index (χ0n) is 15.6. The number of carbonyl (C=O) groups is 1. The van der Waals surface area contributed by atoms with Gasteiger partial charge in [-0.3, -0.25) is 4.79 Å². The molecule has 2 aliphatic heterocycles. The molecule has 6 nitrogen and oxygen atoms in total. The first-order valence-corrected chi connectivity index (χ1v) is 11.7. The van der Waals surface area contributed by atoms with Crippen LogP contribution in [-0.2, 0) is 21.1 Å². The van der Waals surface area contributed by atoms with Crippen molar-refractivity contribution in [1.82, 2.24) is 0 Å². The number of sulfone groups is 1. The molecule has 0 radical (unpaired) electrons. The van der Waals surface area contributed by atoms with Crippen LogP contribution in [0.3, 0.4) is 0 Å². The van der Waals surface area contributed by atoms with E-state index in [0.717, 1.165) is 0 Å². The fraction of sp³-hybridized carbons (Fsp3) is 0.300. The lowest BCUT2D eigenvalue weighted by molar-refractivity contribution is -0.117. The number of para-hydroxylation sites is 1. The molecular weight excluding hydrogens is 415 g/mol. The number of hydrogen-bond acceptors (Lipinski definition) is 5. The molecule has 0 spiro atoms. The van der Waals surface area contributed by atoms with Gasteiger partial charge in [0.2, 0.25) is 0 Å². The van der Waals surface area contributed by atoms with Crippen LogP contribution in [0.15, 0.2) is 53.5 Å². The van der Waals surface area contributed by atoms with E-state index in [1.807, 2.05) is 12.1 Å². The first-order chi connectivity index (χ1) is 13.9. The van der Waals surface area contributed by atoms with Gasteiger partial charge in [-0.05, 0) is 24.3 Å². The Labute approximate surface area is 172 Å². The Balaban J connectivity index is 1.65. The predicted molar refractivity (Wildman–Crippen MR) is 112 cm³/mol. The van der Waals surface area contributed by atoms with E-state index in [1.54, 1.807) is 29.2 Å². The fourth-order valence-corrected chi connectivity index (χ4v) is 7.58. The van der Waals surface area contributed by atoms with Crippen LogP contribution in [0.5, 0.6) is 5.75 Å². The van der Waals surface area contributed by atoms with Crippen molar-refractivity contribution in [3.63, 3.8) is 0 Å². The number of rotatable bonds is 4. The van der Waals surface area contributed by atoms with Gasteiger partial charge in [-0.15, -0.1) is 0 Å². The summed E-state index contributed by atoms with van der Waals surface area (Å²) >= 11 is 1.26. The molecule has 0 saturated carbocycles. The first-order valence-electron chi connectivity index (χ1n) is 9.01. The van der Waals surface area contributed by atoms with Crippen LogP contribution in [0, 0.1) is 5.82 Å². The van der Waals surface area contributed by atoms with Gasteiger partial charge in [-0.2, -0.15) is 4.99 Å². The highest BCUT2D eigenvalue weighted by Gasteiger charge is 2.49. The lowest BCUT2D eigenvalue weighted by Crippen LogP contribution is -2.37. The second-order valence-electron chi connectivity index (χ2n) is 6.93. The summed E-state index contributed by atoms with van der Waals surface area (Å²) in [5, 5.41) is 0.168. The molecule has 29 heavy (non-hydrogen) atoms. The normalized spacial score (nSPS) is 23.9. The van der Waals surface area contributed by atoms with Crippen LogP contribution in [0.4, 0.5) is 10.1 Å². The summed E-state index contributed by atoms with van der Waals surface area (Å²) in [6.07, 6.45) is 0.0543. The monoisotopic (exact) mass is 434 g/mol. The number of amidine groups is 1. The van der Waals surface area contributed by atoms with Gasteiger partial charge < -0.3 is 9.64 Å². The molecule has 0 bridgehead atoms. The summed E-state index contributed by atoms with van der Waals surface area (Å²) in [5.41, 5.74) is 1.21. The Morgan fingerprint density at radius 2 is 2.03 bits per heavy atom. The van der Waals surface area contributed by atoms with Crippen LogP contribution in [-0.4, -0.2) is 49.4 Å². The largest absolute Gasteiger partial charge is 0.496 e. The third-order valence-corrected chi connectivity index (χ3v) is 8.12. The molecule has 0 unspecified atom stereocenters. The van der Waals surface area contributed by atoms with Crippen molar-refractivity contribution in [1.29, 1.82) is 0 Å². The van der Waals surface area contributed by atoms with Gasteiger partial charge in [0.05, 0.1) is 31.1 Å². The average molecular weight is 435 g/mol. The van der Waals surface area contributed by atoms with Crippen molar-refractivity contribution in [3.05, 3.63) is 59.9 Å². The average Bonchev–Trinajstić information content (AvgIpc) is 3.12. The smallest absolute Gasteiger partial charge is 0.252 e. The Morgan fingerprint density at radius 1 is 1.24 bits per heavy atom. The van der Waals surface area contributed by atoms with Crippen molar-refractivity contribution < 1.29 is 22.3 Å². The molecule has 1 amide bonds. The molecule has 2 aromatic rings. The number of aliphatic imine (C=N–C) groups is 1. The van der Waals surface area contributed by atoms with Crippen LogP contribution in [0.2, 0.25) is 0 Å². The minimum atomic E-state index is -3.18. The number of halogens is 1. The summed E-state index contributed by atoms with van der Waals surface area (Å²) in [4.78, 5) is 18.6. The van der Waals surface area contributed by atoms with Gasteiger partial charge in [0, 0.05) is 16.5 Å². The minimum absolute atomic E-state index is 0.0217. The molecule has 2 saturated heterocycles. The number of amides is 1. The van der Waals surface area contributed by atoms with Gasteiger partial charge in [0.25, 0.3) is 5.91 Å². The van der Waals surface area contributed by atoms with E-state index in [-0.39, 0.29) is 35.1 Å². The first kappa shape index (κ1) is 19.9. The molecule has 0 N–H and O–H groups in total. The highest BCUT2D eigenvalue weighted by Crippen LogP contribution is 2.41. The van der Waals surface area contributed by atoms with Crippen LogP contribution >= 0.6 is 11.8 Å². The molecule has 9 heteroatoms. The molecule has 0 aliphatic carbocycles. The van der Waals surface area contributed by atoms with E-state index in [1.165, 1.54) is 31.0 Å². The number of nitrogens with zero attached hydrogens (tertiary/aromatic N) is 2. The Hall–Kier alpha value is -2.39. The molecule has 2 fully saturated rings. The summed E-state index contributed by atoms with van der Waals surface area (Å²) in [6, 6.07) is 12.7. The fourth-order valence-electron chi connectivity index (χ4n) is 3.65. The Kier molecular flexibility index (Phi) is 5.35. The third kappa shape index (κ3) is 4.16. The SMILES string of the molecule is COc1ccccc1CC(=O)N=C1S[C@@H]2CS(=O)(=O)C[C@H]2N1c1cccc(F)c1. The zero-order valence-corrected chi connectivity index (χ0v) is 17.2. The number of carbonyl (C=O) groups excluding carboxylic acids is 1. The van der Waals surface area contributed by atoms with Gasteiger partial charge in [0.1, 0.15) is 11.6 Å². The summed E-state index contributed by atoms with van der Waals surface area (Å²) in [7, 11) is -1.64. The number of thioether (sulfide) groups is 1. The summed E-state index contributed by atoms with van der Waals surface area (Å²) in [6.45, 7) is 0. The highest BCUT2D eigenvalue weighted by atomic mass is 32.2. The molecule has 0 aromatic heterocycles. The number of benzene rings is 2. The molecule has 2 heterocycles. The standard InChI is InChI=1S/C20H19FN2O4S2/c1-27-17-8-3-2-5-13(17)9-19(24)22-20-23(15-7-4-6-14(21)10-15)16-11-29(25,26)12-18(16)28-20/h2-8,10,16,18H,9,11-12H2,1H3/t16-,18-/m1/s1. The molecule has 4 rings (SSSR count). The maximum Gasteiger partial charge on any atom is 0.252 e. The number of hydrogen-bond donors (Lipinski definition) is 0. The quantitative estimate of drug-likeness (QED) is 0.737. The van der Waals surface area contributed by atoms with Gasteiger partial charge >= 0.3 is 0 Å². The van der Waals surface area contributed by atoms with Crippen molar-refractivity contribution in [2.45, 2.75) is 17.7 Å². The van der Waals surface area contributed by atoms with Crippen LogP contribution < -0.4 is 9.64 Å². The molecule has 152 valence electrons. The molecular formula is C20H19FN2O4S2. The van der Waals surface area contributed by atoms with Crippen molar-refractivity contribution in [3.8, 4) is 5.75 Å². The number of methoxy groups -OCH3 is 1. The summed E-state index contributed by atoms with van der Waals surface area (Å²) < 4.78 is 43.3. The number of anilines is 1. The molecule has 2 aromatic carbocycles. The van der Waals surface area contributed by atoms with Crippen LogP contribution in [0.25, 0.3) is 0 Å². The van der Waals surface area contributed by atoms with Crippen molar-refractivity contribution in [2.24, 2.45) is 4.99 Å². The lowest BCUT2D eigenvalue weighted by atomic mass is 10.1. The second kappa shape index (κ2) is 7.79. The van der Waals surface area contributed by atoms with E-state index < -0.39 is 15.7 Å². The van der Waals surface area contributed by atoms with Crippen molar-refractivity contribution >= 4 is 38.4 Å². The van der Waals surface area contributed by atoms with Gasteiger partial charge in [-0.25, -0.2) is 12.8 Å². The lowest BCUT2D eigenvalue weighted by Gasteiger charge is -2.24. The van der Waals surface area contributed by atoms with Crippen molar-refractivity contribution in [2.75, 3.05) is 23.5 Å². The number of fused-ring (bicyclic) bond motifs is 1. The molecule has 2 aliphatic rings. The van der Waals surface area contributed by atoms with E-state index in [0.29, 0.717) is 22.2 Å². The third-order valence-electron chi connectivity index (χ3n) is 4.91. The topological polar surface area (TPSA) is 76.0 Å². The van der Waals surface area contributed by atoms with E-state index in [4.69, 9.17) is 4.74 Å². The van der Waals surface area contributed by atoms with Crippen LogP contribution in [0.1, 0.15) is 5.56 Å². The van der Waals surface area contributed by atoms with Gasteiger partial charge in [-0.1, -0.05) is 36.0 Å². The Bertz CT molecular complexity index is 1090. The summed E-state index contributed by atoms with van der Waals surface area (Å²) in [5.74, 6) is -0.225. The highest BCUT2D eigenvalue weighted by molar-refractivity contribution is 8.16. The van der Waals surface area contributed by atoms with Gasteiger partial charge in [0.15, 0.2) is 15.0 Å².